The predicted octanol–water partition coefficient (Wildman–Crippen LogP) is 12.4. The van der Waals surface area contributed by atoms with Gasteiger partial charge in [-0.15, -0.1) is 0 Å². The van der Waals surface area contributed by atoms with Gasteiger partial charge in [-0.2, -0.15) is 0 Å². The van der Waals surface area contributed by atoms with Crippen LogP contribution in [-0.2, 0) is 7.05 Å². The molecule has 222 valence electrons. The van der Waals surface area contributed by atoms with Crippen LogP contribution in [0.5, 0.6) is 0 Å². The fraction of sp³-hybridized carbons (Fsp3) is 0.0222. The van der Waals surface area contributed by atoms with E-state index in [-0.39, 0.29) is 0 Å². The van der Waals surface area contributed by atoms with E-state index in [1.807, 2.05) is 0 Å². The monoisotopic (exact) mass is 600 g/mol. The number of nitrogens with zero attached hydrogens (tertiary/aromatic N) is 2. The van der Waals surface area contributed by atoms with Crippen molar-refractivity contribution in [3.63, 3.8) is 0 Å². The average Bonchev–Trinajstić information content (AvgIpc) is 3.43. The molecule has 2 nitrogen and oxygen atoms in total. The largest absolute Gasteiger partial charge is 0.344 e. The lowest BCUT2D eigenvalue weighted by molar-refractivity contribution is 1.01. The van der Waals surface area contributed by atoms with Gasteiger partial charge in [0.2, 0.25) is 0 Å². The van der Waals surface area contributed by atoms with Crippen LogP contribution in [0.15, 0.2) is 176 Å². The lowest BCUT2D eigenvalue weighted by Gasteiger charge is -2.26. The van der Waals surface area contributed by atoms with Gasteiger partial charge in [0.15, 0.2) is 0 Å². The number of anilines is 3. The van der Waals surface area contributed by atoms with Gasteiger partial charge >= 0.3 is 0 Å². The fourth-order valence-corrected chi connectivity index (χ4v) is 7.16. The lowest BCUT2D eigenvalue weighted by Crippen LogP contribution is -2.09. The van der Waals surface area contributed by atoms with E-state index in [2.05, 4.69) is 192 Å². The Bertz CT molecular complexity index is 2560. The highest BCUT2D eigenvalue weighted by atomic mass is 15.1. The van der Waals surface area contributed by atoms with Crippen molar-refractivity contribution in [2.45, 2.75) is 0 Å². The van der Waals surface area contributed by atoms with Crippen molar-refractivity contribution < 1.29 is 0 Å². The first kappa shape index (κ1) is 27.2. The maximum Gasteiger partial charge on any atom is 0.0495 e. The number of para-hydroxylation sites is 1. The Morgan fingerprint density at radius 3 is 1.66 bits per heavy atom. The summed E-state index contributed by atoms with van der Waals surface area (Å²) in [6.45, 7) is 0. The average molecular weight is 601 g/mol. The van der Waals surface area contributed by atoms with Crippen molar-refractivity contribution in [3.05, 3.63) is 176 Å². The molecule has 1 aromatic heterocycles. The zero-order chi connectivity index (χ0) is 31.3. The zero-order valence-electron chi connectivity index (χ0n) is 26.1. The van der Waals surface area contributed by atoms with Gasteiger partial charge in [0.05, 0.1) is 0 Å². The van der Waals surface area contributed by atoms with Crippen molar-refractivity contribution in [2.24, 2.45) is 7.05 Å². The van der Waals surface area contributed by atoms with Crippen molar-refractivity contribution in [1.82, 2.24) is 4.57 Å². The lowest BCUT2D eigenvalue weighted by atomic mass is 9.98. The molecule has 0 aliphatic carbocycles. The van der Waals surface area contributed by atoms with Gasteiger partial charge in [0, 0.05) is 45.9 Å². The second kappa shape index (κ2) is 11.0. The second-order valence-electron chi connectivity index (χ2n) is 12.3. The third-order valence-electron chi connectivity index (χ3n) is 9.58. The zero-order valence-corrected chi connectivity index (χ0v) is 26.1. The molecule has 0 aliphatic rings. The van der Waals surface area contributed by atoms with Crippen molar-refractivity contribution in [2.75, 3.05) is 4.90 Å². The van der Waals surface area contributed by atoms with Gasteiger partial charge < -0.3 is 9.47 Å². The first-order valence-corrected chi connectivity index (χ1v) is 16.2. The van der Waals surface area contributed by atoms with E-state index in [9.17, 15) is 0 Å². The quantitative estimate of drug-likeness (QED) is 0.191. The Morgan fingerprint density at radius 1 is 0.362 bits per heavy atom. The molecule has 0 unspecified atom stereocenters. The van der Waals surface area contributed by atoms with E-state index in [1.165, 1.54) is 65.6 Å². The second-order valence-corrected chi connectivity index (χ2v) is 12.3. The molecule has 0 amide bonds. The Balaban J connectivity index is 1.05. The van der Waals surface area contributed by atoms with Crippen LogP contribution in [0.4, 0.5) is 17.1 Å². The van der Waals surface area contributed by atoms with Crippen LogP contribution in [0.2, 0.25) is 0 Å². The summed E-state index contributed by atoms with van der Waals surface area (Å²) in [7, 11) is 2.17. The molecule has 0 radical (unpaired) electrons. The minimum absolute atomic E-state index is 1.13. The summed E-state index contributed by atoms with van der Waals surface area (Å²) in [4.78, 5) is 2.33. The van der Waals surface area contributed by atoms with Crippen LogP contribution in [0, 0.1) is 0 Å². The number of rotatable bonds is 5. The number of hydrogen-bond donors (Lipinski definition) is 0. The first-order valence-electron chi connectivity index (χ1n) is 16.2. The van der Waals surface area contributed by atoms with Crippen molar-refractivity contribution >= 4 is 60.4 Å². The maximum atomic E-state index is 2.36. The molecular formula is C45H32N2. The van der Waals surface area contributed by atoms with Gasteiger partial charge in [0.1, 0.15) is 0 Å². The summed E-state index contributed by atoms with van der Waals surface area (Å²) in [5.41, 5.74) is 10.8. The third kappa shape index (κ3) is 4.65. The summed E-state index contributed by atoms with van der Waals surface area (Å²) >= 11 is 0. The van der Waals surface area contributed by atoms with Gasteiger partial charge in [0.25, 0.3) is 0 Å². The maximum absolute atomic E-state index is 2.36. The molecule has 0 spiro atoms. The highest BCUT2D eigenvalue weighted by molar-refractivity contribution is 6.21. The molecule has 0 fully saturated rings. The van der Waals surface area contributed by atoms with Crippen LogP contribution in [0.1, 0.15) is 0 Å². The van der Waals surface area contributed by atoms with E-state index in [4.69, 9.17) is 0 Å². The summed E-state index contributed by atoms with van der Waals surface area (Å²) in [5.74, 6) is 0. The topological polar surface area (TPSA) is 8.17 Å². The van der Waals surface area contributed by atoms with Crippen LogP contribution in [0.25, 0.3) is 65.6 Å². The molecule has 0 aliphatic heterocycles. The molecule has 2 heteroatoms. The SMILES string of the molecule is Cn1c2ccc(-c3ccc(-c4ccc(N(c5ccccc5)c5ccc6ccccc6c5)cc4)cc3)cc2c2c3ccccc3ccc21. The summed E-state index contributed by atoms with van der Waals surface area (Å²) in [6.07, 6.45) is 0. The van der Waals surface area contributed by atoms with E-state index >= 15 is 0 Å². The molecule has 9 aromatic rings. The van der Waals surface area contributed by atoms with Gasteiger partial charge in [-0.1, -0.05) is 121 Å². The Morgan fingerprint density at radius 2 is 0.894 bits per heavy atom. The smallest absolute Gasteiger partial charge is 0.0495 e. The van der Waals surface area contributed by atoms with Gasteiger partial charge in [-0.25, -0.2) is 0 Å². The third-order valence-corrected chi connectivity index (χ3v) is 9.58. The molecule has 0 atom stereocenters. The Labute approximate surface area is 274 Å². The molecule has 1 heterocycles. The first-order chi connectivity index (χ1) is 23.2. The number of hydrogen-bond acceptors (Lipinski definition) is 1. The molecule has 47 heavy (non-hydrogen) atoms. The number of aryl methyl sites for hydroxylation is 1. The summed E-state index contributed by atoms with van der Waals surface area (Å²) in [5, 5.41) is 7.68. The van der Waals surface area contributed by atoms with E-state index in [0.717, 1.165) is 17.1 Å². The summed E-state index contributed by atoms with van der Waals surface area (Å²) in [6, 6.07) is 63.7. The minimum atomic E-state index is 1.13. The van der Waals surface area contributed by atoms with Crippen molar-refractivity contribution in [3.8, 4) is 22.3 Å². The van der Waals surface area contributed by atoms with Crippen LogP contribution in [0.3, 0.4) is 0 Å². The van der Waals surface area contributed by atoms with Crippen LogP contribution in [-0.4, -0.2) is 4.57 Å². The highest BCUT2D eigenvalue weighted by Gasteiger charge is 2.15. The number of aromatic nitrogens is 1. The number of benzene rings is 8. The van der Waals surface area contributed by atoms with E-state index < -0.39 is 0 Å². The predicted molar refractivity (Wildman–Crippen MR) is 201 cm³/mol. The summed E-state index contributed by atoms with van der Waals surface area (Å²) < 4.78 is 2.31. The molecule has 0 saturated carbocycles. The molecule has 0 bridgehead atoms. The normalized spacial score (nSPS) is 11.5. The van der Waals surface area contributed by atoms with E-state index in [0.29, 0.717) is 0 Å². The number of fused-ring (bicyclic) bond motifs is 6. The van der Waals surface area contributed by atoms with Crippen molar-refractivity contribution in [1.29, 1.82) is 0 Å². The van der Waals surface area contributed by atoms with Gasteiger partial charge in [-0.05, 0) is 98.4 Å². The fourth-order valence-electron chi connectivity index (χ4n) is 7.16. The molecule has 9 rings (SSSR count). The Kier molecular flexibility index (Phi) is 6.39. The molecule has 8 aromatic carbocycles. The minimum Gasteiger partial charge on any atom is -0.344 e. The molecular weight excluding hydrogens is 569 g/mol. The molecule has 0 saturated heterocycles. The van der Waals surface area contributed by atoms with Crippen LogP contribution < -0.4 is 4.90 Å². The Hall–Kier alpha value is -6.12. The van der Waals surface area contributed by atoms with E-state index in [1.54, 1.807) is 0 Å². The molecule has 0 N–H and O–H groups in total. The highest BCUT2D eigenvalue weighted by Crippen LogP contribution is 2.39. The standard InChI is InChI=1S/C45H32N2/c1-46-43-27-23-37(30-42(43)45-41-14-8-7-10-35(41)22-28-44(45)46)34-17-15-32(16-18-34)33-19-24-39(25-20-33)47(38-12-3-2-4-13-38)40-26-21-31-9-5-6-11-36(31)29-40/h2-30H,1H3. The van der Waals surface area contributed by atoms with Crippen LogP contribution >= 0.6 is 0 Å². The van der Waals surface area contributed by atoms with Gasteiger partial charge in [-0.3, -0.25) is 0 Å².